The Bertz CT molecular complexity index is 372. The smallest absolute Gasteiger partial charge is 0.0233 e. The molecule has 0 spiro atoms. The normalized spacial score (nSPS) is 20.2. The maximum absolute atomic E-state index is 3.58. The van der Waals surface area contributed by atoms with Crippen molar-refractivity contribution in [3.8, 4) is 0 Å². The molecule has 1 aromatic carbocycles. The van der Waals surface area contributed by atoms with Crippen LogP contribution < -0.4 is 5.32 Å². The quantitative estimate of drug-likeness (QED) is 0.766. The molecule has 112 valence electrons. The van der Waals surface area contributed by atoms with E-state index in [1.165, 1.54) is 50.0 Å². The molecule has 1 heterocycles. The van der Waals surface area contributed by atoms with Crippen LogP contribution in [0.3, 0.4) is 0 Å². The number of nitrogens with one attached hydrogen (secondary N) is 1. The Hall–Kier alpha value is -0.860. The van der Waals surface area contributed by atoms with Crippen LogP contribution in [0.25, 0.3) is 0 Å². The minimum Gasteiger partial charge on any atom is -0.316 e. The first-order chi connectivity index (χ1) is 9.81. The number of aryl methyl sites for hydroxylation is 1. The minimum atomic E-state index is 0.838. The van der Waals surface area contributed by atoms with E-state index < -0.39 is 0 Å². The molecule has 1 aromatic rings. The molecule has 2 rings (SSSR count). The molecule has 1 atom stereocenters. The minimum absolute atomic E-state index is 0.838. The fourth-order valence-electron chi connectivity index (χ4n) is 3.08. The predicted octanol–water partition coefficient (Wildman–Crippen LogP) is 3.46. The molecule has 0 saturated carbocycles. The first kappa shape index (κ1) is 15.5. The van der Waals surface area contributed by atoms with Crippen LogP contribution in [0.5, 0.6) is 0 Å². The summed E-state index contributed by atoms with van der Waals surface area (Å²) in [5.74, 6) is 0.838. The van der Waals surface area contributed by atoms with Gasteiger partial charge in [-0.1, -0.05) is 38.1 Å². The van der Waals surface area contributed by atoms with Crippen LogP contribution >= 0.6 is 0 Å². The summed E-state index contributed by atoms with van der Waals surface area (Å²) in [6, 6.07) is 9.16. The lowest BCUT2D eigenvalue weighted by Crippen LogP contribution is -2.39. The number of benzene rings is 1. The Kier molecular flexibility index (Phi) is 6.55. The lowest BCUT2D eigenvalue weighted by molar-refractivity contribution is 0.165. The van der Waals surface area contributed by atoms with Gasteiger partial charge in [-0.25, -0.2) is 0 Å². The molecule has 0 aliphatic carbocycles. The molecule has 2 nitrogen and oxygen atoms in total. The summed E-state index contributed by atoms with van der Waals surface area (Å²) in [5.41, 5.74) is 2.90. The first-order valence-corrected chi connectivity index (χ1v) is 8.32. The third-order valence-corrected chi connectivity index (χ3v) is 4.30. The van der Waals surface area contributed by atoms with Gasteiger partial charge in [0.05, 0.1) is 0 Å². The second-order valence-electron chi connectivity index (χ2n) is 6.12. The molecule has 0 radical (unpaired) electrons. The molecular weight excluding hydrogens is 244 g/mol. The zero-order chi connectivity index (χ0) is 14.2. The van der Waals surface area contributed by atoms with Crippen molar-refractivity contribution in [2.45, 2.75) is 46.1 Å². The summed E-state index contributed by atoms with van der Waals surface area (Å²) in [6.07, 6.45) is 5.11. The number of rotatable bonds is 7. The van der Waals surface area contributed by atoms with E-state index in [2.05, 4.69) is 48.3 Å². The van der Waals surface area contributed by atoms with Crippen LogP contribution in [-0.2, 0) is 13.0 Å². The summed E-state index contributed by atoms with van der Waals surface area (Å²) >= 11 is 0. The van der Waals surface area contributed by atoms with Gasteiger partial charge in [0.25, 0.3) is 0 Å². The summed E-state index contributed by atoms with van der Waals surface area (Å²) in [7, 11) is 0. The van der Waals surface area contributed by atoms with Crippen molar-refractivity contribution in [3.63, 3.8) is 0 Å². The van der Waals surface area contributed by atoms with E-state index in [-0.39, 0.29) is 0 Å². The van der Waals surface area contributed by atoms with Crippen molar-refractivity contribution in [3.05, 3.63) is 35.4 Å². The summed E-state index contributed by atoms with van der Waals surface area (Å²) < 4.78 is 0. The molecule has 1 aliphatic rings. The Morgan fingerprint density at radius 1 is 1.15 bits per heavy atom. The average molecular weight is 274 g/mol. The van der Waals surface area contributed by atoms with Crippen molar-refractivity contribution in [2.24, 2.45) is 5.92 Å². The molecule has 20 heavy (non-hydrogen) atoms. The van der Waals surface area contributed by atoms with E-state index in [1.54, 1.807) is 0 Å². The number of hydrogen-bond donors (Lipinski definition) is 1. The molecule has 0 bridgehead atoms. The fourth-order valence-corrected chi connectivity index (χ4v) is 3.08. The Balaban J connectivity index is 1.79. The van der Waals surface area contributed by atoms with Gasteiger partial charge in [0.1, 0.15) is 0 Å². The molecule has 1 aliphatic heterocycles. The Morgan fingerprint density at radius 3 is 2.60 bits per heavy atom. The molecule has 1 fully saturated rings. The van der Waals surface area contributed by atoms with Gasteiger partial charge in [0.2, 0.25) is 0 Å². The maximum Gasteiger partial charge on any atom is 0.0233 e. The number of nitrogens with zero attached hydrogens (tertiary/aromatic N) is 1. The summed E-state index contributed by atoms with van der Waals surface area (Å²) in [4.78, 5) is 2.63. The topological polar surface area (TPSA) is 15.3 Å². The zero-order valence-electron chi connectivity index (χ0n) is 13.2. The van der Waals surface area contributed by atoms with Crippen LogP contribution in [0.2, 0.25) is 0 Å². The third kappa shape index (κ3) is 4.92. The van der Waals surface area contributed by atoms with Gasteiger partial charge in [0, 0.05) is 13.1 Å². The largest absolute Gasteiger partial charge is 0.316 e. The molecule has 2 heteroatoms. The van der Waals surface area contributed by atoms with Crippen molar-refractivity contribution in [2.75, 3.05) is 26.2 Å². The van der Waals surface area contributed by atoms with Gasteiger partial charge in [-0.3, -0.25) is 4.90 Å². The molecule has 1 unspecified atom stereocenters. The van der Waals surface area contributed by atoms with Crippen molar-refractivity contribution < 1.29 is 0 Å². The molecule has 1 saturated heterocycles. The van der Waals surface area contributed by atoms with Crippen LogP contribution in [0, 0.1) is 5.92 Å². The Labute approximate surface area is 124 Å². The molecular formula is C18H30N2. The van der Waals surface area contributed by atoms with Gasteiger partial charge in [0.15, 0.2) is 0 Å². The number of hydrogen-bond acceptors (Lipinski definition) is 2. The lowest BCUT2D eigenvalue weighted by atomic mass is 9.97. The van der Waals surface area contributed by atoms with E-state index >= 15 is 0 Å². The molecule has 0 aromatic heterocycles. The molecule has 0 amide bonds. The Morgan fingerprint density at radius 2 is 1.90 bits per heavy atom. The van der Waals surface area contributed by atoms with Gasteiger partial charge in [-0.2, -0.15) is 0 Å². The highest BCUT2D eigenvalue weighted by atomic mass is 15.1. The van der Waals surface area contributed by atoms with Gasteiger partial charge in [-0.05, 0) is 62.4 Å². The summed E-state index contributed by atoms with van der Waals surface area (Å²) in [5, 5.41) is 3.58. The van der Waals surface area contributed by atoms with Crippen molar-refractivity contribution >= 4 is 0 Å². The maximum atomic E-state index is 3.58. The van der Waals surface area contributed by atoms with Gasteiger partial charge < -0.3 is 5.32 Å². The van der Waals surface area contributed by atoms with E-state index in [0.29, 0.717) is 0 Å². The standard InChI is InChI=1S/C18H30N2/c1-3-11-19-13-18-6-5-12-20(15-18)14-17-9-7-16(4-2)8-10-17/h7-10,18-19H,3-6,11-15H2,1-2H3. The van der Waals surface area contributed by atoms with E-state index in [0.717, 1.165) is 25.4 Å². The first-order valence-electron chi connectivity index (χ1n) is 8.32. The number of piperidine rings is 1. The highest BCUT2D eigenvalue weighted by Gasteiger charge is 2.19. The van der Waals surface area contributed by atoms with Crippen LogP contribution in [0.15, 0.2) is 24.3 Å². The SMILES string of the molecule is CCCNCC1CCCN(Cc2ccc(CC)cc2)C1. The highest BCUT2D eigenvalue weighted by molar-refractivity contribution is 5.22. The van der Waals surface area contributed by atoms with Gasteiger partial charge >= 0.3 is 0 Å². The van der Waals surface area contributed by atoms with E-state index in [1.807, 2.05) is 0 Å². The van der Waals surface area contributed by atoms with Crippen LogP contribution in [-0.4, -0.2) is 31.1 Å². The van der Waals surface area contributed by atoms with Crippen molar-refractivity contribution in [1.29, 1.82) is 0 Å². The van der Waals surface area contributed by atoms with Crippen molar-refractivity contribution in [1.82, 2.24) is 10.2 Å². The second kappa shape index (κ2) is 8.43. The summed E-state index contributed by atoms with van der Waals surface area (Å²) in [6.45, 7) is 10.4. The fraction of sp³-hybridized carbons (Fsp3) is 0.667. The highest BCUT2D eigenvalue weighted by Crippen LogP contribution is 2.18. The zero-order valence-corrected chi connectivity index (χ0v) is 13.2. The van der Waals surface area contributed by atoms with E-state index in [9.17, 15) is 0 Å². The predicted molar refractivity (Wildman–Crippen MR) is 87.0 cm³/mol. The number of likely N-dealkylation sites (tertiary alicyclic amines) is 1. The average Bonchev–Trinajstić information content (AvgIpc) is 2.49. The third-order valence-electron chi connectivity index (χ3n) is 4.30. The van der Waals surface area contributed by atoms with Crippen LogP contribution in [0.1, 0.15) is 44.2 Å². The lowest BCUT2D eigenvalue weighted by Gasteiger charge is -2.33. The van der Waals surface area contributed by atoms with Crippen LogP contribution in [0.4, 0.5) is 0 Å². The van der Waals surface area contributed by atoms with E-state index in [4.69, 9.17) is 0 Å². The van der Waals surface area contributed by atoms with Gasteiger partial charge in [-0.15, -0.1) is 0 Å². The second-order valence-corrected chi connectivity index (χ2v) is 6.12. The monoisotopic (exact) mass is 274 g/mol. The molecule has 1 N–H and O–H groups in total.